The number of hydrogen-bond acceptors (Lipinski definition) is 4. The quantitative estimate of drug-likeness (QED) is 0.445. The molecule has 0 saturated heterocycles. The lowest BCUT2D eigenvalue weighted by molar-refractivity contribution is -0.137. The average molecular weight is 228 g/mol. The molecule has 0 aliphatic heterocycles. The van der Waals surface area contributed by atoms with Gasteiger partial charge in [-0.1, -0.05) is 0 Å². The first-order valence-electron chi connectivity index (χ1n) is 5.22. The molecule has 0 fully saturated rings. The fourth-order valence-electron chi connectivity index (χ4n) is 1.30. The van der Waals surface area contributed by atoms with Gasteiger partial charge in [0.1, 0.15) is 18.4 Å². The van der Waals surface area contributed by atoms with Gasteiger partial charge in [-0.25, -0.2) is 0 Å². The smallest absolute Gasteiger partial charge is 0.303 e. The topological polar surface area (TPSA) is 88.5 Å². The van der Waals surface area contributed by atoms with Crippen LogP contribution in [0.1, 0.15) is 38.5 Å². The van der Waals surface area contributed by atoms with Crippen molar-refractivity contribution in [2.24, 2.45) is 5.92 Å². The SMILES string of the molecule is O=CCCCC(=O)C[C@@H](C=O)CCC(=O)O. The number of rotatable bonds is 10. The molecular weight excluding hydrogens is 212 g/mol. The van der Waals surface area contributed by atoms with Crippen LogP contribution in [0.15, 0.2) is 0 Å². The van der Waals surface area contributed by atoms with E-state index in [2.05, 4.69) is 0 Å². The Balaban J connectivity index is 3.82. The minimum atomic E-state index is -0.972. The van der Waals surface area contributed by atoms with Gasteiger partial charge in [-0.05, 0) is 12.8 Å². The lowest BCUT2D eigenvalue weighted by Gasteiger charge is -2.06. The third kappa shape index (κ3) is 7.84. The maximum atomic E-state index is 11.3. The minimum absolute atomic E-state index is 0.0790. The molecule has 5 nitrogen and oxygen atoms in total. The Morgan fingerprint density at radius 3 is 2.38 bits per heavy atom. The van der Waals surface area contributed by atoms with Crippen LogP contribution in [0.3, 0.4) is 0 Å². The molecule has 0 bridgehead atoms. The maximum absolute atomic E-state index is 11.3. The summed E-state index contributed by atoms with van der Waals surface area (Å²) in [6.07, 6.45) is 2.64. The number of carboxylic acids is 1. The molecule has 1 atom stereocenters. The van der Waals surface area contributed by atoms with Crippen LogP contribution in [0.2, 0.25) is 0 Å². The first-order valence-corrected chi connectivity index (χ1v) is 5.22. The molecule has 0 radical (unpaired) electrons. The standard InChI is InChI=1S/C11H16O5/c12-6-2-1-3-10(14)7-9(8-13)4-5-11(15)16/h6,8-9H,1-5,7H2,(H,15,16)/t9-/m0/s1. The number of carboxylic acid groups (broad SMARTS) is 1. The summed E-state index contributed by atoms with van der Waals surface area (Å²) in [5, 5.41) is 8.43. The highest BCUT2D eigenvalue weighted by molar-refractivity contribution is 5.81. The maximum Gasteiger partial charge on any atom is 0.303 e. The van der Waals surface area contributed by atoms with Gasteiger partial charge < -0.3 is 14.7 Å². The van der Waals surface area contributed by atoms with E-state index in [1.165, 1.54) is 0 Å². The van der Waals surface area contributed by atoms with Crippen LogP contribution in [-0.2, 0) is 19.2 Å². The summed E-state index contributed by atoms with van der Waals surface area (Å²) in [6, 6.07) is 0. The zero-order valence-electron chi connectivity index (χ0n) is 9.05. The lowest BCUT2D eigenvalue weighted by atomic mass is 9.96. The number of aldehydes is 2. The van der Waals surface area contributed by atoms with Gasteiger partial charge in [0.25, 0.3) is 0 Å². The van der Waals surface area contributed by atoms with Crippen LogP contribution in [0.25, 0.3) is 0 Å². The fourth-order valence-corrected chi connectivity index (χ4v) is 1.30. The van der Waals surface area contributed by atoms with E-state index in [1.54, 1.807) is 0 Å². The molecule has 0 aromatic rings. The van der Waals surface area contributed by atoms with E-state index in [-0.39, 0.29) is 31.5 Å². The predicted octanol–water partition coefficient (Wildman–Crippen LogP) is 0.995. The van der Waals surface area contributed by atoms with Crippen LogP contribution < -0.4 is 0 Å². The van der Waals surface area contributed by atoms with Crippen molar-refractivity contribution < 1.29 is 24.3 Å². The summed E-state index contributed by atoms with van der Waals surface area (Å²) < 4.78 is 0. The van der Waals surface area contributed by atoms with Gasteiger partial charge >= 0.3 is 5.97 Å². The van der Waals surface area contributed by atoms with Crippen LogP contribution in [0, 0.1) is 5.92 Å². The molecule has 5 heteroatoms. The van der Waals surface area contributed by atoms with Gasteiger partial charge in [0.05, 0.1) is 0 Å². The van der Waals surface area contributed by atoms with Gasteiger partial charge in [0.15, 0.2) is 0 Å². The van der Waals surface area contributed by atoms with Crippen LogP contribution in [-0.4, -0.2) is 29.4 Å². The highest BCUT2D eigenvalue weighted by Crippen LogP contribution is 2.11. The van der Waals surface area contributed by atoms with Gasteiger partial charge in [0.2, 0.25) is 0 Å². The third-order valence-electron chi connectivity index (χ3n) is 2.19. The molecular formula is C11H16O5. The van der Waals surface area contributed by atoms with Gasteiger partial charge in [-0.15, -0.1) is 0 Å². The van der Waals surface area contributed by atoms with E-state index in [4.69, 9.17) is 5.11 Å². The predicted molar refractivity (Wildman–Crippen MR) is 56.0 cm³/mol. The van der Waals surface area contributed by atoms with Crippen molar-refractivity contribution >= 4 is 24.3 Å². The number of Topliss-reactive ketones (excluding diaryl/α,β-unsaturated/α-hetero) is 1. The molecule has 0 saturated carbocycles. The molecule has 0 aliphatic rings. The van der Waals surface area contributed by atoms with Crippen LogP contribution in [0.5, 0.6) is 0 Å². The van der Waals surface area contributed by atoms with E-state index < -0.39 is 11.9 Å². The number of carbonyl (C=O) groups excluding carboxylic acids is 3. The van der Waals surface area contributed by atoms with E-state index >= 15 is 0 Å². The molecule has 0 aromatic heterocycles. The molecule has 0 heterocycles. The molecule has 0 unspecified atom stereocenters. The summed E-state index contributed by atoms with van der Waals surface area (Å²) >= 11 is 0. The summed E-state index contributed by atoms with van der Waals surface area (Å²) in [5.74, 6) is -1.58. The van der Waals surface area contributed by atoms with E-state index in [0.717, 1.165) is 6.29 Å². The Hall–Kier alpha value is -1.52. The Kier molecular flexibility index (Phi) is 7.93. The number of unbranched alkanes of at least 4 members (excludes halogenated alkanes) is 1. The number of carbonyl (C=O) groups is 4. The highest BCUT2D eigenvalue weighted by Gasteiger charge is 2.14. The largest absolute Gasteiger partial charge is 0.481 e. The molecule has 16 heavy (non-hydrogen) atoms. The van der Waals surface area contributed by atoms with Crippen molar-refractivity contribution in [1.82, 2.24) is 0 Å². The number of ketones is 1. The zero-order chi connectivity index (χ0) is 12.4. The number of hydrogen-bond donors (Lipinski definition) is 1. The van der Waals surface area contributed by atoms with E-state index in [1.807, 2.05) is 0 Å². The molecule has 1 N–H and O–H groups in total. The van der Waals surface area contributed by atoms with Crippen molar-refractivity contribution in [2.45, 2.75) is 38.5 Å². The van der Waals surface area contributed by atoms with Crippen molar-refractivity contribution in [3.8, 4) is 0 Å². The van der Waals surface area contributed by atoms with Gasteiger partial charge in [-0.3, -0.25) is 9.59 Å². The Morgan fingerprint density at radius 1 is 1.19 bits per heavy atom. The second kappa shape index (κ2) is 8.76. The fraction of sp³-hybridized carbons (Fsp3) is 0.636. The summed E-state index contributed by atoms with van der Waals surface area (Å²) in [6.45, 7) is 0. The van der Waals surface area contributed by atoms with Crippen molar-refractivity contribution in [3.63, 3.8) is 0 Å². The Bertz CT molecular complexity index is 259. The van der Waals surface area contributed by atoms with E-state index in [9.17, 15) is 19.2 Å². The highest BCUT2D eigenvalue weighted by atomic mass is 16.4. The second-order valence-corrected chi connectivity index (χ2v) is 3.63. The summed E-state index contributed by atoms with van der Waals surface area (Å²) in [5.41, 5.74) is 0. The van der Waals surface area contributed by atoms with Crippen LogP contribution in [0.4, 0.5) is 0 Å². The van der Waals surface area contributed by atoms with Gasteiger partial charge in [0, 0.05) is 31.6 Å². The molecule has 0 rings (SSSR count). The second-order valence-electron chi connectivity index (χ2n) is 3.63. The van der Waals surface area contributed by atoms with E-state index in [0.29, 0.717) is 19.1 Å². The van der Waals surface area contributed by atoms with Crippen molar-refractivity contribution in [3.05, 3.63) is 0 Å². The average Bonchev–Trinajstić information content (AvgIpc) is 2.24. The molecule has 0 spiro atoms. The zero-order valence-corrected chi connectivity index (χ0v) is 9.05. The summed E-state index contributed by atoms with van der Waals surface area (Å²) in [7, 11) is 0. The normalized spacial score (nSPS) is 11.8. The van der Waals surface area contributed by atoms with Crippen LogP contribution >= 0.6 is 0 Å². The lowest BCUT2D eigenvalue weighted by Crippen LogP contribution is -2.11. The van der Waals surface area contributed by atoms with Crippen molar-refractivity contribution in [2.75, 3.05) is 0 Å². The van der Waals surface area contributed by atoms with Crippen molar-refractivity contribution in [1.29, 1.82) is 0 Å². The Morgan fingerprint density at radius 2 is 1.88 bits per heavy atom. The summed E-state index contributed by atoms with van der Waals surface area (Å²) in [4.78, 5) is 42.2. The molecule has 90 valence electrons. The third-order valence-corrected chi connectivity index (χ3v) is 2.19. The first-order chi connectivity index (χ1) is 7.60. The monoisotopic (exact) mass is 228 g/mol. The molecule has 0 aliphatic carbocycles. The molecule has 0 amide bonds. The molecule has 0 aromatic carbocycles. The van der Waals surface area contributed by atoms with Gasteiger partial charge in [-0.2, -0.15) is 0 Å². The minimum Gasteiger partial charge on any atom is -0.481 e. The number of aliphatic carboxylic acids is 1. The Labute approximate surface area is 93.8 Å². The first kappa shape index (κ1) is 14.5.